The number of nitrogens with zero attached hydrogens (tertiary/aromatic N) is 3. The molecule has 246 valence electrons. The second-order valence-electron chi connectivity index (χ2n) is 11.0. The van der Waals surface area contributed by atoms with Gasteiger partial charge in [-0.1, -0.05) is 12.0 Å². The predicted molar refractivity (Wildman–Crippen MR) is 170 cm³/mol. The molecule has 4 N–H and O–H groups in total. The predicted octanol–water partition coefficient (Wildman–Crippen LogP) is 4.20. The van der Waals surface area contributed by atoms with Gasteiger partial charge in [-0.2, -0.15) is 18.4 Å². The number of hydrogen-bond donors (Lipinski definition) is 4. The van der Waals surface area contributed by atoms with E-state index in [2.05, 4.69) is 32.7 Å². The summed E-state index contributed by atoms with van der Waals surface area (Å²) in [7, 11) is 3.07. The van der Waals surface area contributed by atoms with Gasteiger partial charge in [0, 0.05) is 56.5 Å². The first-order chi connectivity index (χ1) is 22.1. The number of nitrogens with one attached hydrogen (secondary N) is 3. The topological polar surface area (TPSA) is 124 Å². The van der Waals surface area contributed by atoms with E-state index in [9.17, 15) is 23.1 Å². The second-order valence-corrected chi connectivity index (χ2v) is 11.0. The number of benzene rings is 2. The molecule has 1 amide bonds. The maximum atomic E-state index is 13.7. The minimum atomic E-state index is -4.45. The summed E-state index contributed by atoms with van der Waals surface area (Å²) < 4.78 is 52.9. The van der Waals surface area contributed by atoms with Gasteiger partial charge in [-0.15, -0.1) is 0 Å². The quantitative estimate of drug-likeness (QED) is 0.162. The molecule has 10 nitrogen and oxygen atoms in total. The molecular weight excluding hydrogens is 601 g/mol. The first-order valence-electron chi connectivity index (χ1n) is 15.1. The number of β-amino-alcohol motifs (C(OH)–C–C–N with tert-alkyl or cyclic N) is 1. The smallest absolute Gasteiger partial charge is 0.406 e. The molecule has 13 heteroatoms. The number of halogens is 3. The van der Waals surface area contributed by atoms with Crippen molar-refractivity contribution in [3.05, 3.63) is 53.7 Å². The van der Waals surface area contributed by atoms with Crippen molar-refractivity contribution in [3.63, 3.8) is 0 Å². The van der Waals surface area contributed by atoms with Gasteiger partial charge in [0.15, 0.2) is 0 Å². The van der Waals surface area contributed by atoms with E-state index < -0.39 is 18.8 Å². The standard InChI is InChI=1S/C33H39F3N6O4/c1-38-32(44)23-9-10-29(31(18-23)46-17-5-13-37)39-14-4-6-25-19-27-28(7-3-8-30(27)42(25)22-33(34,35)36)40-24-11-15-41(16-12-24)20-26(43)21-45-2/h3,7-10,18-19,24,26,39-40,43H,5,11-12,14-17,20-22H2,1-2H3,(H,38,44). The summed E-state index contributed by atoms with van der Waals surface area (Å²) in [5.41, 5.74) is 2.30. The van der Waals surface area contributed by atoms with Gasteiger partial charge in [0.1, 0.15) is 18.9 Å². The third-order valence-electron chi connectivity index (χ3n) is 7.58. The zero-order chi connectivity index (χ0) is 33.1. The lowest BCUT2D eigenvalue weighted by molar-refractivity contribution is -0.140. The van der Waals surface area contributed by atoms with Gasteiger partial charge in [-0.3, -0.25) is 4.79 Å². The number of likely N-dealkylation sites (tertiary alicyclic amines) is 1. The number of aromatic nitrogens is 1. The van der Waals surface area contributed by atoms with E-state index in [4.69, 9.17) is 14.7 Å². The fraction of sp³-hybridized carbons (Fsp3) is 0.455. The van der Waals surface area contributed by atoms with E-state index in [1.807, 2.05) is 12.1 Å². The summed E-state index contributed by atoms with van der Waals surface area (Å²) >= 11 is 0. The van der Waals surface area contributed by atoms with Crippen LogP contribution in [-0.4, -0.2) is 92.4 Å². The molecule has 1 aliphatic heterocycles. The minimum absolute atomic E-state index is 0.0875. The Morgan fingerprint density at radius 2 is 1.96 bits per heavy atom. The van der Waals surface area contributed by atoms with Crippen molar-refractivity contribution in [1.29, 1.82) is 5.26 Å². The molecule has 0 radical (unpaired) electrons. The number of aliphatic hydroxyl groups is 1. The highest BCUT2D eigenvalue weighted by Gasteiger charge is 2.30. The Morgan fingerprint density at radius 3 is 2.65 bits per heavy atom. The number of nitriles is 1. The molecule has 0 spiro atoms. The maximum absolute atomic E-state index is 13.7. The number of anilines is 2. The van der Waals surface area contributed by atoms with Crippen LogP contribution in [0.15, 0.2) is 42.5 Å². The molecule has 0 bridgehead atoms. The Hall–Kier alpha value is -4.43. The van der Waals surface area contributed by atoms with Crippen molar-refractivity contribution in [2.45, 2.75) is 44.1 Å². The fourth-order valence-corrected chi connectivity index (χ4v) is 5.44. The Bertz CT molecular complexity index is 1580. The van der Waals surface area contributed by atoms with Crippen LogP contribution in [0.5, 0.6) is 5.75 Å². The summed E-state index contributed by atoms with van der Waals surface area (Å²) in [6, 6.07) is 13.9. The van der Waals surface area contributed by atoms with Gasteiger partial charge in [-0.25, -0.2) is 0 Å². The highest BCUT2D eigenvalue weighted by molar-refractivity contribution is 5.95. The molecular formula is C33H39F3N6O4. The average molecular weight is 641 g/mol. The van der Waals surface area contributed by atoms with E-state index in [-0.39, 0.29) is 43.8 Å². The van der Waals surface area contributed by atoms with Crippen LogP contribution in [0.25, 0.3) is 10.9 Å². The average Bonchev–Trinajstić information content (AvgIpc) is 3.37. The summed E-state index contributed by atoms with van der Waals surface area (Å²) in [6.45, 7) is 1.41. The van der Waals surface area contributed by atoms with Gasteiger partial charge in [0.2, 0.25) is 0 Å². The van der Waals surface area contributed by atoms with Gasteiger partial charge in [-0.05, 0) is 55.2 Å². The van der Waals surface area contributed by atoms with Gasteiger partial charge in [0.05, 0.1) is 48.6 Å². The highest BCUT2D eigenvalue weighted by atomic mass is 19.4. The third-order valence-corrected chi connectivity index (χ3v) is 7.58. The lowest BCUT2D eigenvalue weighted by Gasteiger charge is -2.34. The van der Waals surface area contributed by atoms with Crippen molar-refractivity contribution in [1.82, 2.24) is 14.8 Å². The van der Waals surface area contributed by atoms with Crippen molar-refractivity contribution in [3.8, 4) is 23.7 Å². The number of hydrogen-bond acceptors (Lipinski definition) is 8. The number of ether oxygens (including phenoxy) is 2. The lowest BCUT2D eigenvalue weighted by atomic mass is 10.0. The van der Waals surface area contributed by atoms with Gasteiger partial charge in [0.25, 0.3) is 5.91 Å². The fourth-order valence-electron chi connectivity index (χ4n) is 5.44. The molecule has 46 heavy (non-hydrogen) atoms. The van der Waals surface area contributed by atoms with Crippen LogP contribution in [0.3, 0.4) is 0 Å². The molecule has 1 unspecified atom stereocenters. The van der Waals surface area contributed by atoms with E-state index >= 15 is 0 Å². The molecule has 2 aromatic carbocycles. The van der Waals surface area contributed by atoms with Gasteiger partial charge < -0.3 is 40.0 Å². The van der Waals surface area contributed by atoms with Crippen LogP contribution in [0.2, 0.25) is 0 Å². The molecule has 1 fully saturated rings. The van der Waals surface area contributed by atoms with Crippen LogP contribution in [0.4, 0.5) is 24.5 Å². The van der Waals surface area contributed by atoms with Crippen LogP contribution in [0, 0.1) is 23.2 Å². The van der Waals surface area contributed by atoms with Crippen molar-refractivity contribution in [2.75, 3.05) is 64.2 Å². The molecule has 3 aromatic rings. The highest BCUT2D eigenvalue weighted by Crippen LogP contribution is 2.31. The van der Waals surface area contributed by atoms with Crippen LogP contribution >= 0.6 is 0 Å². The molecule has 1 aromatic heterocycles. The molecule has 0 aliphatic carbocycles. The first-order valence-corrected chi connectivity index (χ1v) is 15.1. The minimum Gasteiger partial charge on any atom is -0.490 e. The van der Waals surface area contributed by atoms with E-state index in [1.165, 1.54) is 11.6 Å². The normalized spacial score (nSPS) is 14.6. The first kappa shape index (κ1) is 34.4. The number of methoxy groups -OCH3 is 1. The number of aliphatic hydroxyl groups excluding tert-OH is 1. The largest absolute Gasteiger partial charge is 0.490 e. The zero-order valence-electron chi connectivity index (χ0n) is 25.9. The summed E-state index contributed by atoms with van der Waals surface area (Å²) in [5.74, 6) is 5.88. The zero-order valence-corrected chi connectivity index (χ0v) is 25.9. The van der Waals surface area contributed by atoms with Crippen LogP contribution < -0.4 is 20.7 Å². The number of piperidine rings is 1. The summed E-state index contributed by atoms with van der Waals surface area (Å²) in [6.07, 6.45) is -3.20. The molecule has 0 saturated carbocycles. The van der Waals surface area contributed by atoms with Crippen LogP contribution in [-0.2, 0) is 11.3 Å². The summed E-state index contributed by atoms with van der Waals surface area (Å²) in [4.78, 5) is 14.3. The molecule has 2 heterocycles. The molecule has 4 rings (SSSR count). The van der Waals surface area contributed by atoms with Crippen molar-refractivity contribution in [2.24, 2.45) is 0 Å². The number of fused-ring (bicyclic) bond motifs is 1. The third kappa shape index (κ3) is 9.54. The summed E-state index contributed by atoms with van der Waals surface area (Å²) in [5, 5.41) is 28.7. The SMILES string of the molecule is CNC(=O)c1ccc(NCC#Cc2cc3c(NC4CCN(CC(O)COC)CC4)cccc3n2CC(F)(F)F)c(OCCC#N)c1. The number of alkyl halides is 3. The second kappa shape index (κ2) is 16.2. The lowest BCUT2D eigenvalue weighted by Crippen LogP contribution is -2.43. The number of carbonyl (C=O) groups excluding carboxylic acids is 1. The Balaban J connectivity index is 1.51. The Morgan fingerprint density at radius 1 is 1.17 bits per heavy atom. The van der Waals surface area contributed by atoms with Crippen LogP contribution in [0.1, 0.15) is 35.3 Å². The Labute approximate surface area is 266 Å². The molecule has 1 saturated heterocycles. The van der Waals surface area contributed by atoms with E-state index in [0.29, 0.717) is 34.4 Å². The number of rotatable bonds is 13. The monoisotopic (exact) mass is 640 g/mol. The van der Waals surface area contributed by atoms with Crippen molar-refractivity contribution >= 4 is 28.2 Å². The van der Waals surface area contributed by atoms with E-state index in [1.54, 1.807) is 43.5 Å². The number of carbonyl (C=O) groups is 1. The van der Waals surface area contributed by atoms with E-state index in [0.717, 1.165) is 31.6 Å². The Kier molecular flexibility index (Phi) is 12.1. The maximum Gasteiger partial charge on any atom is 0.406 e. The van der Waals surface area contributed by atoms with Crippen molar-refractivity contribution < 1.29 is 32.5 Å². The molecule has 1 aliphatic rings. The van der Waals surface area contributed by atoms with Gasteiger partial charge >= 0.3 is 6.18 Å². The molecule has 1 atom stereocenters. The number of amides is 1.